The van der Waals surface area contributed by atoms with Crippen molar-refractivity contribution >= 4 is 34.6 Å². The summed E-state index contributed by atoms with van der Waals surface area (Å²) in [6, 6.07) is 14.6. The number of amides is 2. The molecular formula is C24H20N6O4. The number of nitrogens with zero attached hydrogens (tertiary/aromatic N) is 3. The number of anilines is 1. The molecule has 0 radical (unpaired) electrons. The summed E-state index contributed by atoms with van der Waals surface area (Å²) in [7, 11) is 0. The molecule has 0 saturated heterocycles. The number of rotatable bonds is 6. The minimum absolute atomic E-state index is 0.0903. The molecule has 3 heterocycles. The van der Waals surface area contributed by atoms with Gasteiger partial charge in [-0.25, -0.2) is 4.98 Å². The van der Waals surface area contributed by atoms with Crippen molar-refractivity contribution in [3.8, 4) is 16.9 Å². The van der Waals surface area contributed by atoms with E-state index >= 15 is 0 Å². The zero-order valence-electron chi connectivity index (χ0n) is 17.8. The maximum Gasteiger partial charge on any atom is 0.292 e. The number of carbonyl (C=O) groups is 2. The Bertz CT molecular complexity index is 1540. The van der Waals surface area contributed by atoms with Crippen molar-refractivity contribution in [3.63, 3.8) is 0 Å². The molecule has 3 aromatic heterocycles. The van der Waals surface area contributed by atoms with E-state index in [1.807, 2.05) is 18.2 Å². The molecule has 0 aliphatic carbocycles. The van der Waals surface area contributed by atoms with Crippen molar-refractivity contribution in [1.29, 1.82) is 0 Å². The largest absolute Gasteiger partial charge is 0.508 e. The predicted molar refractivity (Wildman–Crippen MR) is 125 cm³/mol. The lowest BCUT2D eigenvalue weighted by Gasteiger charge is -2.15. The van der Waals surface area contributed by atoms with Gasteiger partial charge in [-0.2, -0.15) is 4.98 Å². The van der Waals surface area contributed by atoms with Gasteiger partial charge in [0.2, 0.25) is 5.91 Å². The van der Waals surface area contributed by atoms with Gasteiger partial charge in [0.1, 0.15) is 28.6 Å². The van der Waals surface area contributed by atoms with Crippen LogP contribution in [-0.2, 0) is 11.2 Å². The second-order valence-electron chi connectivity index (χ2n) is 7.82. The highest BCUT2D eigenvalue weighted by Gasteiger charge is 2.22. The number of nitrogens with one attached hydrogen (secondary N) is 1. The maximum atomic E-state index is 13.0. The number of phenols is 1. The Morgan fingerprint density at radius 3 is 2.62 bits per heavy atom. The lowest BCUT2D eigenvalue weighted by atomic mass is 10.1. The Morgan fingerprint density at radius 2 is 1.85 bits per heavy atom. The molecule has 6 N–H and O–H groups in total. The number of phenolic OH excluding ortho intramolecular Hbond substituents is 1. The van der Waals surface area contributed by atoms with Crippen LogP contribution >= 0.6 is 0 Å². The maximum absolute atomic E-state index is 13.0. The second-order valence-corrected chi connectivity index (χ2v) is 7.82. The molecule has 0 unspecified atom stereocenters. The molecule has 0 saturated carbocycles. The molecule has 0 fully saturated rings. The van der Waals surface area contributed by atoms with Crippen LogP contribution in [0, 0.1) is 0 Å². The minimum Gasteiger partial charge on any atom is -0.508 e. The molecule has 0 aliphatic rings. The fourth-order valence-electron chi connectivity index (χ4n) is 3.77. The molecule has 1 atom stereocenters. The van der Waals surface area contributed by atoms with Crippen LogP contribution in [0.15, 0.2) is 71.4 Å². The summed E-state index contributed by atoms with van der Waals surface area (Å²) >= 11 is 0. The molecular weight excluding hydrogens is 436 g/mol. The van der Waals surface area contributed by atoms with Gasteiger partial charge in [0.25, 0.3) is 11.9 Å². The Hall–Kier alpha value is -4.86. The molecule has 0 aliphatic heterocycles. The van der Waals surface area contributed by atoms with Gasteiger partial charge < -0.3 is 26.3 Å². The van der Waals surface area contributed by atoms with E-state index in [-0.39, 0.29) is 23.9 Å². The number of fused-ring (bicyclic) bond motifs is 2. The minimum atomic E-state index is -0.939. The molecule has 0 bridgehead atoms. The van der Waals surface area contributed by atoms with Crippen LogP contribution in [0.4, 0.5) is 6.01 Å². The first-order valence-corrected chi connectivity index (χ1v) is 10.4. The second kappa shape index (κ2) is 8.24. The molecule has 5 aromatic rings. The Morgan fingerprint density at radius 1 is 1.09 bits per heavy atom. The normalized spacial score (nSPS) is 12.1. The Kier molecular flexibility index (Phi) is 5.09. The quantitative estimate of drug-likeness (QED) is 0.305. The van der Waals surface area contributed by atoms with E-state index < -0.39 is 17.9 Å². The van der Waals surface area contributed by atoms with Crippen molar-refractivity contribution in [2.24, 2.45) is 5.73 Å². The van der Waals surface area contributed by atoms with E-state index in [0.29, 0.717) is 16.7 Å². The third-order valence-electron chi connectivity index (χ3n) is 5.50. The number of nitrogens with two attached hydrogens (primary N) is 2. The summed E-state index contributed by atoms with van der Waals surface area (Å²) in [4.78, 5) is 33.5. The highest BCUT2D eigenvalue weighted by Crippen LogP contribution is 2.26. The van der Waals surface area contributed by atoms with Gasteiger partial charge in [-0.1, -0.05) is 18.2 Å². The molecule has 5 rings (SSSR count). The van der Waals surface area contributed by atoms with Gasteiger partial charge >= 0.3 is 0 Å². The average Bonchev–Trinajstić information content (AvgIpc) is 3.41. The van der Waals surface area contributed by atoms with E-state index in [0.717, 1.165) is 16.7 Å². The molecule has 10 heteroatoms. The number of hydrogen-bond acceptors (Lipinski definition) is 7. The fourth-order valence-corrected chi connectivity index (χ4v) is 3.77. The van der Waals surface area contributed by atoms with Crippen LogP contribution in [0.1, 0.15) is 16.1 Å². The summed E-state index contributed by atoms with van der Waals surface area (Å²) in [6.07, 6.45) is 3.40. The van der Waals surface area contributed by atoms with Gasteiger partial charge in [0.05, 0.1) is 6.20 Å². The lowest BCUT2D eigenvalue weighted by molar-refractivity contribution is -0.119. The predicted octanol–water partition coefficient (Wildman–Crippen LogP) is 2.26. The van der Waals surface area contributed by atoms with E-state index in [1.54, 1.807) is 34.9 Å². The van der Waals surface area contributed by atoms with Crippen molar-refractivity contribution in [2.75, 3.05) is 5.73 Å². The molecule has 2 amide bonds. The zero-order chi connectivity index (χ0) is 23.8. The Balaban J connectivity index is 1.43. The summed E-state index contributed by atoms with van der Waals surface area (Å²) in [5, 5.41) is 12.1. The van der Waals surface area contributed by atoms with Gasteiger partial charge in [0.15, 0.2) is 5.58 Å². The van der Waals surface area contributed by atoms with Crippen LogP contribution < -0.4 is 16.8 Å². The number of pyridine rings is 1. The molecule has 2 aromatic carbocycles. The number of nitrogen functional groups attached to an aromatic ring is 1. The van der Waals surface area contributed by atoms with Gasteiger partial charge in [-0.05, 0) is 53.1 Å². The molecule has 170 valence electrons. The molecule has 34 heavy (non-hydrogen) atoms. The topological polar surface area (TPSA) is 162 Å². The number of hydrogen-bond donors (Lipinski definition) is 4. The first-order chi connectivity index (χ1) is 16.4. The monoisotopic (exact) mass is 456 g/mol. The standard InChI is InChI=1S/C24H20N6O4/c25-22(32)18(9-13-1-5-16(31)6-2-13)28-23(33)19-11-27-21-8-4-15(12-30(19)21)14-3-7-20-17(10-14)29-24(26)34-20/h1-8,10-12,18,31H,9H2,(H2,25,32)(H2,26,29)(H,28,33)/t18-/m0/s1. The van der Waals surface area contributed by atoms with Crippen molar-refractivity contribution < 1.29 is 19.1 Å². The number of aromatic nitrogens is 3. The molecule has 0 spiro atoms. The number of imidazole rings is 1. The first kappa shape index (κ1) is 21.0. The van der Waals surface area contributed by atoms with Crippen LogP contribution in [0.5, 0.6) is 5.75 Å². The lowest BCUT2D eigenvalue weighted by Crippen LogP contribution is -2.46. The SMILES string of the molecule is NC(=O)[C@H](Cc1ccc(O)cc1)NC(=O)c1cnc2ccc(-c3ccc4oc(N)nc4c3)cn12. The number of benzene rings is 2. The first-order valence-electron chi connectivity index (χ1n) is 10.4. The van der Waals surface area contributed by atoms with E-state index in [4.69, 9.17) is 15.9 Å². The van der Waals surface area contributed by atoms with Crippen molar-refractivity contribution in [2.45, 2.75) is 12.5 Å². The van der Waals surface area contributed by atoms with E-state index in [2.05, 4.69) is 15.3 Å². The summed E-state index contributed by atoms with van der Waals surface area (Å²) in [5.74, 6) is -1.06. The fraction of sp³-hybridized carbons (Fsp3) is 0.0833. The number of aromatic hydroxyl groups is 1. The van der Waals surface area contributed by atoms with Gasteiger partial charge in [-0.15, -0.1) is 0 Å². The number of primary amides is 1. The summed E-state index contributed by atoms with van der Waals surface area (Å²) in [6.45, 7) is 0. The molecule has 10 nitrogen and oxygen atoms in total. The summed E-state index contributed by atoms with van der Waals surface area (Å²) in [5.41, 5.74) is 15.6. The van der Waals surface area contributed by atoms with Crippen LogP contribution in [0.3, 0.4) is 0 Å². The number of carbonyl (C=O) groups excluding carboxylic acids is 2. The third kappa shape index (κ3) is 3.99. The highest BCUT2D eigenvalue weighted by atomic mass is 16.4. The zero-order valence-corrected chi connectivity index (χ0v) is 17.8. The van der Waals surface area contributed by atoms with E-state index in [1.165, 1.54) is 18.3 Å². The number of oxazole rings is 1. The Labute approximate surface area is 192 Å². The van der Waals surface area contributed by atoms with Crippen LogP contribution in [0.25, 0.3) is 27.9 Å². The van der Waals surface area contributed by atoms with E-state index in [9.17, 15) is 14.7 Å². The van der Waals surface area contributed by atoms with Crippen molar-refractivity contribution in [1.82, 2.24) is 19.7 Å². The van der Waals surface area contributed by atoms with Crippen LogP contribution in [-0.4, -0.2) is 37.3 Å². The van der Waals surface area contributed by atoms with Gasteiger partial charge in [0, 0.05) is 12.6 Å². The van der Waals surface area contributed by atoms with Crippen LogP contribution in [0.2, 0.25) is 0 Å². The third-order valence-corrected chi connectivity index (χ3v) is 5.50. The van der Waals surface area contributed by atoms with Crippen molar-refractivity contribution in [3.05, 3.63) is 78.2 Å². The van der Waals surface area contributed by atoms with Gasteiger partial charge in [-0.3, -0.25) is 14.0 Å². The highest BCUT2D eigenvalue weighted by molar-refractivity contribution is 5.96. The average molecular weight is 456 g/mol. The smallest absolute Gasteiger partial charge is 0.292 e. The summed E-state index contributed by atoms with van der Waals surface area (Å²) < 4.78 is 6.96.